The monoisotopic (exact) mass is 238 g/mol. The summed E-state index contributed by atoms with van der Waals surface area (Å²) in [4.78, 5) is 19.0. The molecule has 0 saturated heterocycles. The van der Waals surface area contributed by atoms with E-state index in [0.29, 0.717) is 25.2 Å². The second-order valence-electron chi connectivity index (χ2n) is 4.21. The summed E-state index contributed by atoms with van der Waals surface area (Å²) >= 11 is 0. The minimum atomic E-state index is -0.0698. The molecule has 0 saturated carbocycles. The van der Waals surface area contributed by atoms with Crippen LogP contribution in [0.15, 0.2) is 4.79 Å². The molecule has 1 aromatic rings. The van der Waals surface area contributed by atoms with Gasteiger partial charge in [-0.05, 0) is 52.1 Å². The Morgan fingerprint density at radius 2 is 1.82 bits per heavy atom. The number of nitrogens with one attached hydrogen (secondary N) is 1. The van der Waals surface area contributed by atoms with Crippen molar-refractivity contribution in [2.45, 2.75) is 39.0 Å². The van der Waals surface area contributed by atoms with Crippen LogP contribution in [0.2, 0.25) is 0 Å². The van der Waals surface area contributed by atoms with Crippen LogP contribution in [0.1, 0.15) is 36.3 Å². The van der Waals surface area contributed by atoms with Gasteiger partial charge in [0.05, 0.1) is 5.69 Å². The second kappa shape index (κ2) is 7.19. The van der Waals surface area contributed by atoms with Crippen molar-refractivity contribution in [2.24, 2.45) is 11.5 Å². The summed E-state index contributed by atoms with van der Waals surface area (Å²) < 4.78 is 0. The van der Waals surface area contributed by atoms with Gasteiger partial charge < -0.3 is 16.5 Å². The van der Waals surface area contributed by atoms with Crippen LogP contribution < -0.4 is 17.0 Å². The molecule has 1 aromatic heterocycles. The van der Waals surface area contributed by atoms with E-state index < -0.39 is 0 Å². The van der Waals surface area contributed by atoms with Crippen LogP contribution in [0.25, 0.3) is 0 Å². The van der Waals surface area contributed by atoms with Gasteiger partial charge >= 0.3 is 0 Å². The van der Waals surface area contributed by atoms with Crippen LogP contribution >= 0.6 is 0 Å². The molecular formula is C12H22N4O. The number of unbranched alkanes of at least 4 members (excludes halogenated alkanes) is 1. The summed E-state index contributed by atoms with van der Waals surface area (Å²) in [5, 5.41) is 0. The Balaban J connectivity index is 2.74. The highest BCUT2D eigenvalue weighted by molar-refractivity contribution is 5.13. The normalized spacial score (nSPS) is 10.8. The van der Waals surface area contributed by atoms with Crippen LogP contribution in [-0.4, -0.2) is 23.1 Å². The zero-order valence-electron chi connectivity index (χ0n) is 10.5. The minimum absolute atomic E-state index is 0.0698. The Labute approximate surface area is 102 Å². The highest BCUT2D eigenvalue weighted by Gasteiger charge is 2.06. The molecule has 1 heterocycles. The molecule has 0 aliphatic heterocycles. The molecule has 1 rings (SSSR count). The second-order valence-corrected chi connectivity index (χ2v) is 4.21. The SMILES string of the molecule is Cc1nc(CCCCN)c(=O)[nH]c1CCCN. The van der Waals surface area contributed by atoms with E-state index in [9.17, 15) is 4.79 Å². The molecule has 0 fully saturated rings. The van der Waals surface area contributed by atoms with Crippen molar-refractivity contribution >= 4 is 0 Å². The maximum absolute atomic E-state index is 11.8. The molecule has 0 radical (unpaired) electrons. The van der Waals surface area contributed by atoms with Crippen molar-refractivity contribution in [3.8, 4) is 0 Å². The van der Waals surface area contributed by atoms with Crippen molar-refractivity contribution < 1.29 is 0 Å². The highest BCUT2D eigenvalue weighted by atomic mass is 16.1. The third-order valence-corrected chi connectivity index (χ3v) is 2.76. The summed E-state index contributed by atoms with van der Waals surface area (Å²) in [6, 6.07) is 0. The molecule has 0 aliphatic rings. The Kier molecular flexibility index (Phi) is 5.86. The molecule has 0 bridgehead atoms. The van der Waals surface area contributed by atoms with Crippen molar-refractivity contribution in [3.63, 3.8) is 0 Å². The topological polar surface area (TPSA) is 97.8 Å². The van der Waals surface area contributed by atoms with Gasteiger partial charge in [-0.3, -0.25) is 9.78 Å². The first kappa shape index (κ1) is 13.9. The van der Waals surface area contributed by atoms with Crippen molar-refractivity contribution in [3.05, 3.63) is 27.4 Å². The Morgan fingerprint density at radius 1 is 1.12 bits per heavy atom. The number of hydrogen-bond acceptors (Lipinski definition) is 4. The molecule has 0 amide bonds. The molecule has 5 heteroatoms. The predicted octanol–water partition coefficient (Wildman–Crippen LogP) is 0.251. The molecule has 0 aromatic carbocycles. The molecule has 0 spiro atoms. The number of rotatable bonds is 7. The van der Waals surface area contributed by atoms with Gasteiger partial charge in [0, 0.05) is 5.69 Å². The molecular weight excluding hydrogens is 216 g/mol. The number of aromatic nitrogens is 2. The quantitative estimate of drug-likeness (QED) is 0.593. The zero-order valence-corrected chi connectivity index (χ0v) is 10.5. The first-order chi connectivity index (χ1) is 8.19. The summed E-state index contributed by atoms with van der Waals surface area (Å²) in [5.41, 5.74) is 13.2. The van der Waals surface area contributed by atoms with Crippen LogP contribution in [0.3, 0.4) is 0 Å². The summed E-state index contributed by atoms with van der Waals surface area (Å²) in [7, 11) is 0. The Hall–Kier alpha value is -1.20. The molecule has 0 aliphatic carbocycles. The van der Waals surface area contributed by atoms with E-state index in [1.165, 1.54) is 0 Å². The lowest BCUT2D eigenvalue weighted by atomic mass is 10.1. The minimum Gasteiger partial charge on any atom is -0.330 e. The number of aromatic amines is 1. The standard InChI is InChI=1S/C12H22N4O/c1-9-10(6-4-8-14)16-12(17)11(15-9)5-2-3-7-13/h2-8,13-14H2,1H3,(H,16,17). The number of nitrogens with two attached hydrogens (primary N) is 2. The molecule has 5 N–H and O–H groups in total. The van der Waals surface area contributed by atoms with E-state index >= 15 is 0 Å². The fourth-order valence-corrected chi connectivity index (χ4v) is 1.75. The van der Waals surface area contributed by atoms with Gasteiger partial charge in [-0.25, -0.2) is 0 Å². The smallest absolute Gasteiger partial charge is 0.269 e. The van der Waals surface area contributed by atoms with E-state index in [1.807, 2.05) is 6.92 Å². The van der Waals surface area contributed by atoms with Crippen molar-refractivity contribution in [1.82, 2.24) is 9.97 Å². The maximum atomic E-state index is 11.8. The van der Waals surface area contributed by atoms with Crippen LogP contribution in [0.5, 0.6) is 0 Å². The van der Waals surface area contributed by atoms with Crippen LogP contribution in [-0.2, 0) is 12.8 Å². The van der Waals surface area contributed by atoms with Gasteiger partial charge in [0.25, 0.3) is 5.56 Å². The third kappa shape index (κ3) is 4.28. The van der Waals surface area contributed by atoms with Crippen molar-refractivity contribution in [2.75, 3.05) is 13.1 Å². The van der Waals surface area contributed by atoms with Gasteiger partial charge in [-0.1, -0.05) is 0 Å². The average molecular weight is 238 g/mol. The third-order valence-electron chi connectivity index (χ3n) is 2.76. The van der Waals surface area contributed by atoms with E-state index in [0.717, 1.165) is 37.1 Å². The van der Waals surface area contributed by atoms with Gasteiger partial charge in [0.15, 0.2) is 0 Å². The Bertz CT molecular complexity index is 400. The molecule has 96 valence electrons. The molecule has 5 nitrogen and oxygen atoms in total. The van der Waals surface area contributed by atoms with E-state index in [4.69, 9.17) is 11.5 Å². The van der Waals surface area contributed by atoms with E-state index in [-0.39, 0.29) is 5.56 Å². The predicted molar refractivity (Wildman–Crippen MR) is 69.0 cm³/mol. The largest absolute Gasteiger partial charge is 0.330 e. The lowest BCUT2D eigenvalue weighted by molar-refractivity contribution is 0.712. The number of aryl methyl sites for hydroxylation is 3. The number of hydrogen-bond donors (Lipinski definition) is 3. The Morgan fingerprint density at radius 3 is 2.47 bits per heavy atom. The van der Waals surface area contributed by atoms with Crippen LogP contribution in [0.4, 0.5) is 0 Å². The highest BCUT2D eigenvalue weighted by Crippen LogP contribution is 2.04. The fourth-order valence-electron chi connectivity index (χ4n) is 1.75. The lowest BCUT2D eigenvalue weighted by Crippen LogP contribution is -2.20. The van der Waals surface area contributed by atoms with Crippen LogP contribution in [0, 0.1) is 6.92 Å². The van der Waals surface area contributed by atoms with E-state index in [2.05, 4.69) is 9.97 Å². The zero-order chi connectivity index (χ0) is 12.7. The number of nitrogens with zero attached hydrogens (tertiary/aromatic N) is 1. The van der Waals surface area contributed by atoms with Gasteiger partial charge in [0.2, 0.25) is 0 Å². The fraction of sp³-hybridized carbons (Fsp3) is 0.667. The van der Waals surface area contributed by atoms with E-state index in [1.54, 1.807) is 0 Å². The summed E-state index contributed by atoms with van der Waals surface area (Å²) in [6.07, 6.45) is 4.19. The number of H-pyrrole nitrogens is 1. The summed E-state index contributed by atoms with van der Waals surface area (Å²) in [6.45, 7) is 3.21. The maximum Gasteiger partial charge on any atom is 0.269 e. The summed E-state index contributed by atoms with van der Waals surface area (Å²) in [5.74, 6) is 0. The molecule has 17 heavy (non-hydrogen) atoms. The molecule has 0 unspecified atom stereocenters. The van der Waals surface area contributed by atoms with Gasteiger partial charge in [-0.15, -0.1) is 0 Å². The van der Waals surface area contributed by atoms with Crippen molar-refractivity contribution in [1.29, 1.82) is 0 Å². The van der Waals surface area contributed by atoms with Gasteiger partial charge in [0.1, 0.15) is 5.69 Å². The first-order valence-corrected chi connectivity index (χ1v) is 6.17. The average Bonchev–Trinajstić information content (AvgIpc) is 2.31. The lowest BCUT2D eigenvalue weighted by Gasteiger charge is -2.06. The first-order valence-electron chi connectivity index (χ1n) is 6.17. The molecule has 0 atom stereocenters. The van der Waals surface area contributed by atoms with Gasteiger partial charge in [-0.2, -0.15) is 0 Å².